The van der Waals surface area contributed by atoms with Gasteiger partial charge in [0.05, 0.1) is 11.0 Å². The molecule has 1 aromatic heterocycles. The molecule has 0 spiro atoms. The van der Waals surface area contributed by atoms with E-state index < -0.39 is 22.2 Å². The third-order valence-electron chi connectivity index (χ3n) is 2.04. The van der Waals surface area contributed by atoms with Crippen molar-refractivity contribution in [1.29, 1.82) is 0 Å². The lowest BCUT2D eigenvalue weighted by molar-refractivity contribution is -0.387. The maximum Gasteiger partial charge on any atom is 0.307 e. The molecule has 1 heterocycles. The first-order chi connectivity index (χ1) is 7.99. The van der Waals surface area contributed by atoms with Crippen LogP contribution < -0.4 is 5.73 Å². The number of anilines is 1. The highest BCUT2D eigenvalue weighted by Gasteiger charge is 2.20. The van der Waals surface area contributed by atoms with Crippen LogP contribution in [0.3, 0.4) is 0 Å². The average molecular weight is 241 g/mol. The van der Waals surface area contributed by atoms with E-state index in [9.17, 15) is 18.9 Å². The Morgan fingerprint density at radius 3 is 2.53 bits per heavy atom. The van der Waals surface area contributed by atoms with Gasteiger partial charge in [-0.3, -0.25) is 10.1 Å². The molecule has 8 heteroatoms. The van der Waals surface area contributed by atoms with E-state index in [1.807, 2.05) is 0 Å². The predicted molar refractivity (Wildman–Crippen MR) is 52.9 cm³/mol. The molecule has 2 aromatic rings. The fourth-order valence-corrected chi connectivity index (χ4v) is 1.29. The zero-order valence-electron chi connectivity index (χ0n) is 8.18. The van der Waals surface area contributed by atoms with Crippen molar-refractivity contribution < 1.29 is 18.2 Å². The van der Waals surface area contributed by atoms with Crippen LogP contribution in [0.2, 0.25) is 0 Å². The highest BCUT2D eigenvalue weighted by molar-refractivity contribution is 5.63. The molecule has 6 nitrogen and oxygen atoms in total. The molecule has 0 unspecified atom stereocenters. The second-order valence-electron chi connectivity index (χ2n) is 3.16. The molecule has 0 radical (unpaired) electrons. The fraction of sp³-hybridized carbons (Fsp3) is 0. The van der Waals surface area contributed by atoms with E-state index in [0.29, 0.717) is 12.1 Å². The summed E-state index contributed by atoms with van der Waals surface area (Å²) in [5.74, 6) is -2.21. The van der Waals surface area contributed by atoms with Crippen molar-refractivity contribution in [3.63, 3.8) is 0 Å². The van der Waals surface area contributed by atoms with Crippen LogP contribution in [0.25, 0.3) is 11.3 Å². The Kier molecular flexibility index (Phi) is 2.47. The molecule has 1 aromatic carbocycles. The molecule has 0 aliphatic carbocycles. The molecule has 17 heavy (non-hydrogen) atoms. The quantitative estimate of drug-likeness (QED) is 0.641. The van der Waals surface area contributed by atoms with E-state index in [4.69, 9.17) is 5.73 Å². The zero-order valence-corrected chi connectivity index (χ0v) is 8.18. The van der Waals surface area contributed by atoms with Crippen LogP contribution >= 0.6 is 0 Å². The summed E-state index contributed by atoms with van der Waals surface area (Å²) in [6.45, 7) is 0. The lowest BCUT2D eigenvalue weighted by Crippen LogP contribution is -1.96. The van der Waals surface area contributed by atoms with Gasteiger partial charge in [-0.25, -0.2) is 4.39 Å². The number of rotatable bonds is 2. The van der Waals surface area contributed by atoms with Crippen LogP contribution in [0, 0.1) is 21.7 Å². The monoisotopic (exact) mass is 241 g/mol. The van der Waals surface area contributed by atoms with Crippen LogP contribution in [0.4, 0.5) is 20.4 Å². The minimum absolute atomic E-state index is 0.0335. The van der Waals surface area contributed by atoms with E-state index in [1.165, 1.54) is 6.07 Å². The summed E-state index contributed by atoms with van der Waals surface area (Å²) in [4.78, 5) is 9.36. The van der Waals surface area contributed by atoms with Crippen molar-refractivity contribution in [2.24, 2.45) is 0 Å². The molecule has 0 atom stereocenters. The summed E-state index contributed by atoms with van der Waals surface area (Å²) in [5.41, 5.74) is 4.00. The molecule has 0 aliphatic rings. The number of nitrogens with zero attached hydrogens (tertiary/aromatic N) is 2. The lowest BCUT2D eigenvalue weighted by atomic mass is 10.1. The number of hydrogen-bond donors (Lipinski definition) is 1. The normalized spacial score (nSPS) is 10.5. The van der Waals surface area contributed by atoms with Crippen LogP contribution in [-0.4, -0.2) is 10.1 Å². The Bertz CT molecular complexity index is 597. The SMILES string of the molecule is Nc1cc(-c2cc(F)c([N+](=O)[O-])cc2F)no1. The van der Waals surface area contributed by atoms with Gasteiger partial charge in [0.2, 0.25) is 11.7 Å². The molecular formula is C9H5F2N3O3. The summed E-state index contributed by atoms with van der Waals surface area (Å²) < 4.78 is 31.3. The lowest BCUT2D eigenvalue weighted by Gasteiger charge is -1.99. The van der Waals surface area contributed by atoms with Crippen molar-refractivity contribution in [2.75, 3.05) is 5.73 Å². The van der Waals surface area contributed by atoms with Gasteiger partial charge in [-0.05, 0) is 6.07 Å². The van der Waals surface area contributed by atoms with Gasteiger partial charge in [0.25, 0.3) is 0 Å². The largest absolute Gasteiger partial charge is 0.368 e. The number of nitro groups is 1. The average Bonchev–Trinajstić information content (AvgIpc) is 2.67. The second kappa shape index (κ2) is 3.81. The second-order valence-corrected chi connectivity index (χ2v) is 3.16. The first-order valence-electron chi connectivity index (χ1n) is 4.35. The van der Waals surface area contributed by atoms with E-state index >= 15 is 0 Å². The first-order valence-corrected chi connectivity index (χ1v) is 4.35. The molecule has 0 amide bonds. The molecule has 0 bridgehead atoms. The summed E-state index contributed by atoms with van der Waals surface area (Å²) in [6, 6.07) is 2.34. The van der Waals surface area contributed by atoms with Crippen molar-refractivity contribution in [3.8, 4) is 11.3 Å². The van der Waals surface area contributed by atoms with Crippen molar-refractivity contribution in [1.82, 2.24) is 5.16 Å². The molecular weight excluding hydrogens is 236 g/mol. The van der Waals surface area contributed by atoms with Gasteiger partial charge in [-0.15, -0.1) is 0 Å². The van der Waals surface area contributed by atoms with Crippen LogP contribution in [0.1, 0.15) is 0 Å². The Hall–Kier alpha value is -2.51. The van der Waals surface area contributed by atoms with Gasteiger partial charge >= 0.3 is 5.69 Å². The maximum absolute atomic E-state index is 13.5. The molecule has 2 rings (SSSR count). The minimum atomic E-state index is -1.16. The molecule has 0 aliphatic heterocycles. The van der Waals surface area contributed by atoms with Crippen molar-refractivity contribution in [3.05, 3.63) is 39.9 Å². The molecule has 0 saturated heterocycles. The zero-order chi connectivity index (χ0) is 12.6. The Morgan fingerprint density at radius 1 is 1.29 bits per heavy atom. The van der Waals surface area contributed by atoms with Crippen molar-refractivity contribution >= 4 is 11.6 Å². The summed E-state index contributed by atoms with van der Waals surface area (Å²) in [6.07, 6.45) is 0. The van der Waals surface area contributed by atoms with Gasteiger partial charge in [0.1, 0.15) is 11.5 Å². The standard InChI is InChI=1S/C9H5F2N3O3/c10-5-2-8(14(15)16)6(11)1-4(5)7-3-9(12)17-13-7/h1-3H,12H2. The van der Waals surface area contributed by atoms with E-state index in [0.717, 1.165) is 0 Å². The Balaban J connectivity index is 2.57. The minimum Gasteiger partial charge on any atom is -0.368 e. The maximum atomic E-state index is 13.5. The third-order valence-corrected chi connectivity index (χ3v) is 2.04. The molecule has 2 N–H and O–H groups in total. The van der Waals surface area contributed by atoms with E-state index in [2.05, 4.69) is 9.68 Å². The van der Waals surface area contributed by atoms with Gasteiger partial charge in [0, 0.05) is 11.6 Å². The summed E-state index contributed by atoms with van der Waals surface area (Å²) >= 11 is 0. The van der Waals surface area contributed by atoms with Gasteiger partial charge in [-0.2, -0.15) is 4.39 Å². The highest BCUT2D eigenvalue weighted by Crippen LogP contribution is 2.28. The van der Waals surface area contributed by atoms with Gasteiger partial charge in [0.15, 0.2) is 0 Å². The van der Waals surface area contributed by atoms with E-state index in [1.54, 1.807) is 0 Å². The highest BCUT2D eigenvalue weighted by atomic mass is 19.1. The summed E-state index contributed by atoms with van der Waals surface area (Å²) in [7, 11) is 0. The number of nitrogens with two attached hydrogens (primary N) is 1. The Labute approximate surface area is 92.8 Å². The van der Waals surface area contributed by atoms with Crippen LogP contribution in [0.5, 0.6) is 0 Å². The molecule has 0 saturated carbocycles. The number of benzene rings is 1. The topological polar surface area (TPSA) is 95.2 Å². The van der Waals surface area contributed by atoms with Gasteiger partial charge in [-0.1, -0.05) is 5.16 Å². The van der Waals surface area contributed by atoms with Crippen molar-refractivity contribution in [2.45, 2.75) is 0 Å². The number of aromatic nitrogens is 1. The third kappa shape index (κ3) is 1.92. The predicted octanol–water partition coefficient (Wildman–Crippen LogP) is 2.11. The fourth-order valence-electron chi connectivity index (χ4n) is 1.29. The molecule has 0 fully saturated rings. The van der Waals surface area contributed by atoms with Crippen LogP contribution in [-0.2, 0) is 0 Å². The van der Waals surface area contributed by atoms with E-state index in [-0.39, 0.29) is 17.1 Å². The Morgan fingerprint density at radius 2 is 2.00 bits per heavy atom. The molecule has 88 valence electrons. The smallest absolute Gasteiger partial charge is 0.307 e. The number of nitrogen functional groups attached to an aromatic ring is 1. The van der Waals surface area contributed by atoms with Crippen LogP contribution in [0.15, 0.2) is 22.7 Å². The van der Waals surface area contributed by atoms with Gasteiger partial charge < -0.3 is 10.3 Å². The number of halogens is 2. The number of hydrogen-bond acceptors (Lipinski definition) is 5. The summed E-state index contributed by atoms with van der Waals surface area (Å²) in [5, 5.41) is 13.8. The number of nitro benzene ring substituents is 1. The first kappa shape index (κ1) is 11.0.